The highest BCUT2D eigenvalue weighted by molar-refractivity contribution is 7.89. The fourth-order valence-corrected chi connectivity index (χ4v) is 4.84. The molecule has 0 unspecified atom stereocenters. The monoisotopic (exact) mass is 404 g/mol. The predicted octanol–water partition coefficient (Wildman–Crippen LogP) is 3.47. The first-order valence-electron chi connectivity index (χ1n) is 9.81. The van der Waals surface area contributed by atoms with Crippen LogP contribution in [0.2, 0.25) is 0 Å². The van der Waals surface area contributed by atoms with Crippen molar-refractivity contribution in [2.75, 3.05) is 5.32 Å². The maximum Gasteiger partial charge on any atom is 0.256 e. The fourth-order valence-electron chi connectivity index (χ4n) is 3.58. The van der Waals surface area contributed by atoms with Crippen LogP contribution in [0.1, 0.15) is 62.0 Å². The van der Waals surface area contributed by atoms with Crippen molar-refractivity contribution in [2.45, 2.75) is 63.3 Å². The summed E-state index contributed by atoms with van der Waals surface area (Å²) in [7, 11) is -3.57. The van der Waals surface area contributed by atoms with Crippen LogP contribution < -0.4 is 10.0 Å². The summed E-state index contributed by atoms with van der Waals surface area (Å²) in [4.78, 5) is 12.6. The van der Waals surface area contributed by atoms with Crippen molar-refractivity contribution in [3.05, 3.63) is 41.6 Å². The number of benzene rings is 1. The summed E-state index contributed by atoms with van der Waals surface area (Å²) in [5, 5.41) is 9.94. The Hall–Kier alpha value is -2.19. The third-order valence-corrected chi connectivity index (χ3v) is 6.60. The molecule has 0 aliphatic heterocycles. The van der Waals surface area contributed by atoms with Gasteiger partial charge in [-0.2, -0.15) is 5.10 Å². The van der Waals surface area contributed by atoms with Crippen molar-refractivity contribution in [3.63, 3.8) is 0 Å². The van der Waals surface area contributed by atoms with Gasteiger partial charge in [0.2, 0.25) is 10.0 Å². The molecular weight excluding hydrogens is 376 g/mol. The number of sulfonamides is 1. The zero-order valence-corrected chi connectivity index (χ0v) is 17.2. The van der Waals surface area contributed by atoms with E-state index in [1.807, 2.05) is 6.07 Å². The molecule has 1 aromatic carbocycles. The molecule has 8 heteroatoms. The molecule has 1 aliphatic carbocycles. The smallest absolute Gasteiger partial charge is 0.256 e. The summed E-state index contributed by atoms with van der Waals surface area (Å²) in [5.74, 6) is 0.845. The number of nitrogens with zero attached hydrogens (tertiary/aromatic N) is 1. The van der Waals surface area contributed by atoms with Crippen LogP contribution in [0, 0.1) is 5.92 Å². The highest BCUT2D eigenvalue weighted by Crippen LogP contribution is 2.26. The molecule has 28 heavy (non-hydrogen) atoms. The number of H-pyrrole nitrogens is 1. The van der Waals surface area contributed by atoms with Crippen LogP contribution in [0.5, 0.6) is 0 Å². The van der Waals surface area contributed by atoms with Gasteiger partial charge in [-0.25, -0.2) is 13.1 Å². The Morgan fingerprint density at radius 3 is 2.50 bits per heavy atom. The Morgan fingerprint density at radius 2 is 1.86 bits per heavy atom. The van der Waals surface area contributed by atoms with Gasteiger partial charge in [-0.1, -0.05) is 32.1 Å². The molecular formula is C20H28N4O3S. The summed E-state index contributed by atoms with van der Waals surface area (Å²) in [5.41, 5.74) is 1.41. The number of hydrogen-bond acceptors (Lipinski definition) is 4. The van der Waals surface area contributed by atoms with E-state index in [1.54, 1.807) is 13.8 Å². The second-order valence-corrected chi connectivity index (χ2v) is 9.46. The third kappa shape index (κ3) is 5.42. The number of carbonyl (C=O) groups excluding carboxylic acids is 1. The molecule has 2 aromatic rings. The van der Waals surface area contributed by atoms with E-state index in [4.69, 9.17) is 0 Å². The second kappa shape index (κ2) is 8.87. The quantitative estimate of drug-likeness (QED) is 0.657. The van der Waals surface area contributed by atoms with Crippen molar-refractivity contribution < 1.29 is 13.2 Å². The van der Waals surface area contributed by atoms with Crippen LogP contribution in [-0.4, -0.2) is 30.6 Å². The zero-order valence-electron chi connectivity index (χ0n) is 16.4. The van der Waals surface area contributed by atoms with Crippen LogP contribution >= 0.6 is 0 Å². The van der Waals surface area contributed by atoms with Crippen LogP contribution in [0.3, 0.4) is 0 Å². The minimum Gasteiger partial charge on any atom is -0.305 e. The Balaban J connectivity index is 1.60. The van der Waals surface area contributed by atoms with Gasteiger partial charge in [-0.15, -0.1) is 0 Å². The average Bonchev–Trinajstić information content (AvgIpc) is 3.08. The number of carbonyl (C=O) groups is 1. The standard InChI is InChI=1S/C20H28N4O3S/c1-14(2)24-28(26,27)18-10-8-16(9-11-18)20(25)21-19-13-17(22-23-19)12-15-6-4-3-5-7-15/h8-11,13-15,24H,3-7,12H2,1-2H3,(H2,21,22,23,25). The van der Waals surface area contributed by atoms with E-state index in [2.05, 4.69) is 20.2 Å². The molecule has 1 fully saturated rings. The average molecular weight is 405 g/mol. The van der Waals surface area contributed by atoms with Crippen molar-refractivity contribution in [3.8, 4) is 0 Å². The summed E-state index contributed by atoms with van der Waals surface area (Å²) < 4.78 is 26.8. The van der Waals surface area contributed by atoms with Crippen molar-refractivity contribution in [1.82, 2.24) is 14.9 Å². The molecule has 1 heterocycles. The maximum absolute atomic E-state index is 12.4. The first kappa shape index (κ1) is 20.5. The Bertz CT molecular complexity index is 898. The molecule has 1 aromatic heterocycles. The Kier molecular flexibility index (Phi) is 6.51. The van der Waals surface area contributed by atoms with Gasteiger partial charge in [0.15, 0.2) is 5.82 Å². The SMILES string of the molecule is CC(C)NS(=O)(=O)c1ccc(C(=O)Nc2cc(CC3CCCCC3)[nH]n2)cc1. The molecule has 152 valence electrons. The van der Waals surface area contributed by atoms with Gasteiger partial charge in [-0.05, 0) is 50.5 Å². The summed E-state index contributed by atoms with van der Waals surface area (Å²) in [6.45, 7) is 3.51. The number of rotatable bonds is 7. The summed E-state index contributed by atoms with van der Waals surface area (Å²) in [6.07, 6.45) is 7.37. The first-order valence-corrected chi connectivity index (χ1v) is 11.3. The van der Waals surface area contributed by atoms with E-state index < -0.39 is 10.0 Å². The molecule has 0 saturated heterocycles. The Labute approximate surface area is 166 Å². The lowest BCUT2D eigenvalue weighted by molar-refractivity contribution is 0.102. The molecule has 1 amide bonds. The van der Waals surface area contributed by atoms with Gasteiger partial charge in [0.05, 0.1) is 4.90 Å². The molecule has 0 spiro atoms. The van der Waals surface area contributed by atoms with Crippen molar-refractivity contribution in [1.29, 1.82) is 0 Å². The number of aromatic nitrogens is 2. The maximum atomic E-state index is 12.4. The minimum atomic E-state index is -3.57. The van der Waals surface area contributed by atoms with Crippen LogP contribution in [0.15, 0.2) is 35.2 Å². The van der Waals surface area contributed by atoms with Gasteiger partial charge in [0.1, 0.15) is 0 Å². The van der Waals surface area contributed by atoms with Gasteiger partial charge in [0.25, 0.3) is 5.91 Å². The van der Waals surface area contributed by atoms with Gasteiger partial charge < -0.3 is 5.32 Å². The molecule has 0 atom stereocenters. The highest BCUT2D eigenvalue weighted by atomic mass is 32.2. The molecule has 0 radical (unpaired) electrons. The second-order valence-electron chi connectivity index (χ2n) is 7.74. The van der Waals surface area contributed by atoms with Crippen LogP contribution in [-0.2, 0) is 16.4 Å². The summed E-state index contributed by atoms with van der Waals surface area (Å²) in [6, 6.07) is 7.53. The molecule has 0 bridgehead atoms. The number of hydrogen-bond donors (Lipinski definition) is 3. The molecule has 3 N–H and O–H groups in total. The number of nitrogens with one attached hydrogen (secondary N) is 3. The van der Waals surface area contributed by atoms with E-state index >= 15 is 0 Å². The van der Waals surface area contributed by atoms with Crippen molar-refractivity contribution >= 4 is 21.7 Å². The number of amides is 1. The largest absolute Gasteiger partial charge is 0.305 e. The van der Waals surface area contributed by atoms with E-state index in [0.29, 0.717) is 17.3 Å². The van der Waals surface area contributed by atoms with E-state index in [9.17, 15) is 13.2 Å². The number of aromatic amines is 1. The van der Waals surface area contributed by atoms with E-state index in [0.717, 1.165) is 12.1 Å². The van der Waals surface area contributed by atoms with Gasteiger partial charge in [-0.3, -0.25) is 9.89 Å². The predicted molar refractivity (Wildman–Crippen MR) is 109 cm³/mol. The molecule has 7 nitrogen and oxygen atoms in total. The molecule has 1 aliphatic rings. The highest BCUT2D eigenvalue weighted by Gasteiger charge is 2.18. The number of anilines is 1. The van der Waals surface area contributed by atoms with Crippen LogP contribution in [0.4, 0.5) is 5.82 Å². The van der Waals surface area contributed by atoms with Gasteiger partial charge in [0, 0.05) is 23.4 Å². The normalized spacial score (nSPS) is 15.7. The lowest BCUT2D eigenvalue weighted by atomic mass is 9.86. The van der Waals surface area contributed by atoms with Crippen molar-refractivity contribution in [2.24, 2.45) is 5.92 Å². The lowest BCUT2D eigenvalue weighted by Gasteiger charge is -2.20. The topological polar surface area (TPSA) is 104 Å². The molecule has 1 saturated carbocycles. The zero-order chi connectivity index (χ0) is 20.1. The lowest BCUT2D eigenvalue weighted by Crippen LogP contribution is -2.30. The van der Waals surface area contributed by atoms with Crippen LogP contribution in [0.25, 0.3) is 0 Å². The molecule has 3 rings (SSSR count). The van der Waals surface area contributed by atoms with E-state index in [1.165, 1.54) is 56.4 Å². The van der Waals surface area contributed by atoms with Gasteiger partial charge >= 0.3 is 0 Å². The fraction of sp³-hybridized carbons (Fsp3) is 0.500. The Morgan fingerprint density at radius 1 is 1.18 bits per heavy atom. The van der Waals surface area contributed by atoms with E-state index in [-0.39, 0.29) is 16.8 Å². The summed E-state index contributed by atoms with van der Waals surface area (Å²) >= 11 is 0. The first-order chi connectivity index (χ1) is 13.3. The minimum absolute atomic E-state index is 0.132. The third-order valence-electron chi connectivity index (χ3n) is 4.92.